The number of rotatable bonds is 2. The summed E-state index contributed by atoms with van der Waals surface area (Å²) in [6, 6.07) is -1.03. The highest BCUT2D eigenvalue weighted by Gasteiger charge is 2.55. The van der Waals surface area contributed by atoms with Gasteiger partial charge in [0.15, 0.2) is 0 Å². The molecule has 294 valence electrons. The molecule has 9 nitrogen and oxygen atoms in total. The summed E-state index contributed by atoms with van der Waals surface area (Å²) < 4.78 is 12.6. The Labute approximate surface area is 313 Å². The number of nitrogens with zero attached hydrogens (tertiary/aromatic N) is 1. The van der Waals surface area contributed by atoms with Crippen molar-refractivity contribution >= 4 is 23.4 Å². The molecule has 14 atom stereocenters. The van der Waals surface area contributed by atoms with Crippen LogP contribution in [0.4, 0.5) is 0 Å². The van der Waals surface area contributed by atoms with Crippen LogP contribution in [-0.2, 0) is 28.7 Å². The van der Waals surface area contributed by atoms with E-state index in [0.29, 0.717) is 43.4 Å². The number of ether oxygens (including phenoxy) is 2. The number of allylic oxidation sites excluding steroid dienone is 3. The number of fused-ring (bicyclic) bond motifs is 3. The van der Waals surface area contributed by atoms with E-state index < -0.39 is 59.6 Å². The number of aliphatic hydroxyl groups is 2. The van der Waals surface area contributed by atoms with Crippen LogP contribution in [0.1, 0.15) is 133 Å². The lowest BCUT2D eigenvalue weighted by Crippen LogP contribution is -2.62. The number of hydrogen-bond donors (Lipinski definition) is 2. The summed E-state index contributed by atoms with van der Waals surface area (Å²) in [6.45, 7) is 20.7. The lowest BCUT2D eigenvalue weighted by molar-refractivity contribution is -0.282. The van der Waals surface area contributed by atoms with Crippen molar-refractivity contribution in [2.75, 3.05) is 6.54 Å². The zero-order valence-corrected chi connectivity index (χ0v) is 33.7. The van der Waals surface area contributed by atoms with Crippen molar-refractivity contribution < 1.29 is 38.9 Å². The van der Waals surface area contributed by atoms with E-state index in [1.165, 1.54) is 4.90 Å². The summed E-state index contributed by atoms with van der Waals surface area (Å²) in [5.41, 5.74) is 1.90. The summed E-state index contributed by atoms with van der Waals surface area (Å²) in [7, 11) is 0. The maximum atomic E-state index is 14.2. The van der Waals surface area contributed by atoms with Gasteiger partial charge < -0.3 is 24.6 Å². The maximum Gasteiger partial charge on any atom is 0.329 e. The highest BCUT2D eigenvalue weighted by Crippen LogP contribution is 2.42. The van der Waals surface area contributed by atoms with Gasteiger partial charge in [0.05, 0.1) is 12.2 Å². The zero-order valence-electron chi connectivity index (χ0n) is 33.7. The number of hydrogen-bond acceptors (Lipinski definition) is 8. The first-order valence-electron chi connectivity index (χ1n) is 20.4. The highest BCUT2D eigenvalue weighted by molar-refractivity contribution is 6.39. The monoisotopic (exact) mass is 728 g/mol. The number of Topliss-reactive ketones (excluding diaryl/α,β-unsaturated/α-hetero) is 2. The van der Waals surface area contributed by atoms with Gasteiger partial charge in [-0.15, -0.1) is 0 Å². The second-order valence-electron chi connectivity index (χ2n) is 17.8. The van der Waals surface area contributed by atoms with Gasteiger partial charge in [0.2, 0.25) is 5.79 Å². The predicted molar refractivity (Wildman–Crippen MR) is 202 cm³/mol. The largest absolute Gasteiger partial charge is 0.456 e. The number of aliphatic hydroxyl groups excluding tert-OH is 1. The first-order valence-corrected chi connectivity index (χ1v) is 20.4. The lowest BCUT2D eigenvalue weighted by atomic mass is 9.74. The molecule has 1 amide bonds. The van der Waals surface area contributed by atoms with Crippen LogP contribution >= 0.6 is 0 Å². The van der Waals surface area contributed by atoms with Crippen LogP contribution in [0.25, 0.3) is 0 Å². The Balaban J connectivity index is 1.72. The molecular formula is C43H69NO8. The van der Waals surface area contributed by atoms with Crippen LogP contribution in [-0.4, -0.2) is 75.2 Å². The van der Waals surface area contributed by atoms with Gasteiger partial charge in [-0.25, -0.2) is 4.79 Å². The third-order valence-corrected chi connectivity index (χ3v) is 13.7. The topological polar surface area (TPSA) is 130 Å². The first kappa shape index (κ1) is 42.4. The number of piperidine rings is 1. The Kier molecular flexibility index (Phi) is 14.5. The van der Waals surface area contributed by atoms with Crippen LogP contribution in [0.5, 0.6) is 0 Å². The van der Waals surface area contributed by atoms with Crippen molar-refractivity contribution in [3.05, 3.63) is 23.3 Å². The van der Waals surface area contributed by atoms with E-state index in [-0.39, 0.29) is 48.8 Å². The Morgan fingerprint density at radius 3 is 2.21 bits per heavy atom. The fourth-order valence-corrected chi connectivity index (χ4v) is 9.51. The van der Waals surface area contributed by atoms with Crippen LogP contribution in [0.15, 0.2) is 23.3 Å². The minimum absolute atomic E-state index is 0.0271. The quantitative estimate of drug-likeness (QED) is 0.173. The molecule has 0 aromatic rings. The van der Waals surface area contributed by atoms with Crippen LogP contribution in [0.3, 0.4) is 0 Å². The van der Waals surface area contributed by atoms with E-state index in [9.17, 15) is 29.4 Å². The molecule has 2 unspecified atom stereocenters. The van der Waals surface area contributed by atoms with Gasteiger partial charge in [-0.3, -0.25) is 14.4 Å². The number of cyclic esters (lactones) is 1. The molecule has 3 aliphatic heterocycles. The number of amides is 1. The molecule has 3 heterocycles. The standard InChI is InChI=1S/C43H69NO8/c1-24-14-16-34(21-26(24)3)22-30(7)39-33(10)37(46)23-35(45)17-15-25(2)32(9)27(4)19-28(5)38-29(6)20-31(8)43(50,52-38)40(47)41(48)44-18-12-11-13-36(44)42(49)51-39/h15,22,24,26-29,31-34,36-39,46,50H,11-14,16-21,23H2,1-10H3/b25-15+,30-22+/t24-,26-,27-,28+,29+,31-,32?,33-,34-,36?,37+,38-,39-,43-/m1/s1. The SMILES string of the molecule is C/C1=C\CC(=O)C[C@H](O)[C@@H](C)[C@@H](/C(C)=C/[C@@H]2CC[C@@H](C)[C@H](C)C2)OC(=O)C2CCCCN2C(=O)C(=O)[C@]2(O)O[C@H]([C@@H](C)C[C@@H](C)C1C)[C@@H](C)C[C@H]2C. The molecule has 9 heteroatoms. The van der Waals surface area contributed by atoms with Gasteiger partial charge in [0, 0.05) is 31.2 Å². The fraction of sp³-hybridized carbons (Fsp3) is 0.814. The van der Waals surface area contributed by atoms with Crippen molar-refractivity contribution in [3.8, 4) is 0 Å². The number of carbonyl (C=O) groups is 4. The molecular weight excluding hydrogens is 658 g/mol. The van der Waals surface area contributed by atoms with Crippen molar-refractivity contribution in [2.24, 2.45) is 53.3 Å². The second kappa shape index (κ2) is 17.9. The Hall–Kier alpha value is -2.36. The van der Waals surface area contributed by atoms with Gasteiger partial charge in [-0.1, -0.05) is 73.1 Å². The molecule has 0 radical (unpaired) electrons. The molecule has 1 aliphatic carbocycles. The summed E-state index contributed by atoms with van der Waals surface area (Å²) in [5, 5.41) is 23.4. The van der Waals surface area contributed by atoms with E-state index in [4.69, 9.17) is 9.47 Å². The van der Waals surface area contributed by atoms with Crippen LogP contribution < -0.4 is 0 Å². The Morgan fingerprint density at radius 1 is 0.865 bits per heavy atom. The van der Waals surface area contributed by atoms with Crippen LogP contribution in [0.2, 0.25) is 0 Å². The minimum atomic E-state index is -2.31. The molecule has 0 aromatic carbocycles. The molecule has 2 bridgehead atoms. The predicted octanol–water partition coefficient (Wildman–Crippen LogP) is 7.22. The maximum absolute atomic E-state index is 14.2. The van der Waals surface area contributed by atoms with Gasteiger partial charge in [-0.2, -0.15) is 0 Å². The third-order valence-electron chi connectivity index (χ3n) is 13.7. The number of ketones is 2. The molecule has 1 saturated carbocycles. The second-order valence-corrected chi connectivity index (χ2v) is 17.8. The summed E-state index contributed by atoms with van der Waals surface area (Å²) in [6.07, 6.45) is 7.93. The van der Waals surface area contributed by atoms with Crippen molar-refractivity contribution in [3.63, 3.8) is 0 Å². The molecule has 0 spiro atoms. The van der Waals surface area contributed by atoms with Gasteiger partial charge >= 0.3 is 5.97 Å². The fourth-order valence-electron chi connectivity index (χ4n) is 9.51. The molecule has 3 fully saturated rings. The van der Waals surface area contributed by atoms with Gasteiger partial charge in [0.25, 0.3) is 11.7 Å². The summed E-state index contributed by atoms with van der Waals surface area (Å²) in [5.74, 6) is -4.34. The average molecular weight is 728 g/mol. The lowest BCUT2D eigenvalue weighted by Gasteiger charge is -2.47. The third kappa shape index (κ3) is 9.65. The van der Waals surface area contributed by atoms with E-state index >= 15 is 0 Å². The zero-order chi connectivity index (χ0) is 38.7. The molecule has 2 N–H and O–H groups in total. The number of esters is 1. The van der Waals surface area contributed by atoms with Crippen molar-refractivity contribution in [1.82, 2.24) is 4.90 Å². The van der Waals surface area contributed by atoms with Crippen molar-refractivity contribution in [2.45, 2.75) is 164 Å². The van der Waals surface area contributed by atoms with E-state index in [2.05, 4.69) is 47.6 Å². The summed E-state index contributed by atoms with van der Waals surface area (Å²) >= 11 is 0. The molecule has 4 rings (SSSR count). The smallest absolute Gasteiger partial charge is 0.329 e. The molecule has 52 heavy (non-hydrogen) atoms. The molecule has 4 aliphatic rings. The van der Waals surface area contributed by atoms with Gasteiger partial charge in [-0.05, 0) is 112 Å². The van der Waals surface area contributed by atoms with Crippen LogP contribution in [0, 0.1) is 53.3 Å². The van der Waals surface area contributed by atoms with E-state index in [1.807, 2.05) is 26.8 Å². The average Bonchev–Trinajstić information content (AvgIpc) is 3.10. The minimum Gasteiger partial charge on any atom is -0.456 e. The first-order chi connectivity index (χ1) is 24.3. The Morgan fingerprint density at radius 2 is 1.54 bits per heavy atom. The van der Waals surface area contributed by atoms with E-state index in [0.717, 1.165) is 36.8 Å². The summed E-state index contributed by atoms with van der Waals surface area (Å²) in [4.78, 5) is 56.9. The van der Waals surface area contributed by atoms with Crippen molar-refractivity contribution in [1.29, 1.82) is 0 Å². The Bertz CT molecular complexity index is 1360. The number of carbonyl (C=O) groups excluding carboxylic acids is 4. The molecule has 0 aromatic heterocycles. The van der Waals surface area contributed by atoms with E-state index in [1.54, 1.807) is 6.92 Å². The highest BCUT2D eigenvalue weighted by atomic mass is 16.6. The molecule has 2 saturated heterocycles. The van der Waals surface area contributed by atoms with Gasteiger partial charge in [0.1, 0.15) is 17.9 Å². The normalized spacial score (nSPS) is 43.8.